The van der Waals surface area contributed by atoms with E-state index < -0.39 is 11.1 Å². The molecular weight excluding hydrogens is 333 g/mol. The van der Waals surface area contributed by atoms with Gasteiger partial charge >= 0.3 is 0 Å². The third kappa shape index (κ3) is 3.72. The highest BCUT2D eigenvalue weighted by Crippen LogP contribution is 2.36. The van der Waals surface area contributed by atoms with Crippen LogP contribution in [0.5, 0.6) is 0 Å². The standard InChI is InChI=1S/C17H14FNO2S2/c1-11-19-16(13-6-8-15(18)9-7-13)17(22-11)14-4-2-12(3-5-14)10-23(20)21/h2-9H,10H2,1H3,(H,20,21). The quantitative estimate of drug-likeness (QED) is 0.699. The summed E-state index contributed by atoms with van der Waals surface area (Å²) in [6.45, 7) is 1.93. The molecule has 2 aromatic carbocycles. The molecule has 0 aliphatic carbocycles. The van der Waals surface area contributed by atoms with Crippen LogP contribution in [-0.2, 0) is 16.8 Å². The molecule has 3 aromatic rings. The first-order valence-corrected chi connectivity index (χ1v) is 9.02. The molecule has 0 saturated carbocycles. The maximum absolute atomic E-state index is 13.1. The summed E-state index contributed by atoms with van der Waals surface area (Å²) in [5, 5.41) is 0.930. The highest BCUT2D eigenvalue weighted by Gasteiger charge is 2.13. The van der Waals surface area contributed by atoms with Crippen molar-refractivity contribution in [2.24, 2.45) is 0 Å². The van der Waals surface area contributed by atoms with Gasteiger partial charge in [-0.3, -0.25) is 0 Å². The predicted molar refractivity (Wildman–Crippen MR) is 92.2 cm³/mol. The summed E-state index contributed by atoms with van der Waals surface area (Å²) in [7, 11) is 0. The lowest BCUT2D eigenvalue weighted by Crippen LogP contribution is -1.92. The van der Waals surface area contributed by atoms with Crippen molar-refractivity contribution in [3.05, 3.63) is 64.9 Å². The Hall–Kier alpha value is -1.89. The van der Waals surface area contributed by atoms with Crippen LogP contribution in [0.2, 0.25) is 0 Å². The molecule has 1 atom stereocenters. The molecule has 6 heteroatoms. The minimum absolute atomic E-state index is 0.118. The Balaban J connectivity index is 2.00. The molecule has 1 aromatic heterocycles. The van der Waals surface area contributed by atoms with Crippen molar-refractivity contribution < 1.29 is 13.2 Å². The number of aromatic nitrogens is 1. The lowest BCUT2D eigenvalue weighted by molar-refractivity contribution is 0.563. The highest BCUT2D eigenvalue weighted by molar-refractivity contribution is 7.78. The summed E-state index contributed by atoms with van der Waals surface area (Å²) in [6, 6.07) is 13.8. The summed E-state index contributed by atoms with van der Waals surface area (Å²) in [5.41, 5.74) is 3.49. The van der Waals surface area contributed by atoms with Crippen molar-refractivity contribution in [1.82, 2.24) is 4.98 Å². The van der Waals surface area contributed by atoms with Crippen LogP contribution in [0.25, 0.3) is 21.7 Å². The van der Waals surface area contributed by atoms with Crippen LogP contribution in [0.3, 0.4) is 0 Å². The van der Waals surface area contributed by atoms with Crippen molar-refractivity contribution in [2.75, 3.05) is 0 Å². The van der Waals surface area contributed by atoms with Crippen LogP contribution >= 0.6 is 11.3 Å². The van der Waals surface area contributed by atoms with Crippen molar-refractivity contribution in [2.45, 2.75) is 12.7 Å². The van der Waals surface area contributed by atoms with Gasteiger partial charge in [-0.15, -0.1) is 11.3 Å². The largest absolute Gasteiger partial charge is 0.306 e. The maximum Gasteiger partial charge on any atom is 0.157 e. The third-order valence-corrected chi connectivity index (χ3v) is 4.96. The summed E-state index contributed by atoms with van der Waals surface area (Å²) < 4.78 is 32.9. The van der Waals surface area contributed by atoms with Gasteiger partial charge in [0.2, 0.25) is 0 Å². The fourth-order valence-corrected chi connectivity index (χ4v) is 3.75. The molecule has 1 heterocycles. The third-order valence-electron chi connectivity index (χ3n) is 3.36. The lowest BCUT2D eigenvalue weighted by atomic mass is 10.1. The zero-order valence-corrected chi connectivity index (χ0v) is 14.0. The van der Waals surface area contributed by atoms with E-state index in [0.717, 1.165) is 32.3 Å². The molecule has 1 unspecified atom stereocenters. The zero-order valence-electron chi connectivity index (χ0n) is 12.3. The molecule has 0 saturated heterocycles. The van der Waals surface area contributed by atoms with Gasteiger partial charge < -0.3 is 4.55 Å². The van der Waals surface area contributed by atoms with E-state index in [-0.39, 0.29) is 11.6 Å². The predicted octanol–water partition coefficient (Wildman–Crippen LogP) is 4.65. The molecule has 0 aliphatic rings. The Labute approximate surface area is 140 Å². The summed E-state index contributed by atoms with van der Waals surface area (Å²) >= 11 is -0.273. The smallest absolute Gasteiger partial charge is 0.157 e. The Morgan fingerprint density at radius 2 is 1.70 bits per heavy atom. The van der Waals surface area contributed by atoms with Crippen LogP contribution in [0.1, 0.15) is 10.6 Å². The highest BCUT2D eigenvalue weighted by atomic mass is 32.2. The van der Waals surface area contributed by atoms with Crippen LogP contribution in [0, 0.1) is 12.7 Å². The van der Waals surface area contributed by atoms with Gasteiger partial charge in [0.05, 0.1) is 21.3 Å². The first kappa shape index (κ1) is 16.0. The number of aryl methyl sites for hydroxylation is 1. The molecule has 0 fully saturated rings. The summed E-state index contributed by atoms with van der Waals surface area (Å²) in [6.07, 6.45) is 0. The molecule has 1 N–H and O–H groups in total. The van der Waals surface area contributed by atoms with E-state index in [1.807, 2.05) is 31.2 Å². The number of halogens is 1. The van der Waals surface area contributed by atoms with E-state index in [0.29, 0.717) is 0 Å². The second-order valence-electron chi connectivity index (χ2n) is 5.08. The van der Waals surface area contributed by atoms with E-state index in [2.05, 4.69) is 4.98 Å². The molecule has 0 amide bonds. The van der Waals surface area contributed by atoms with Gasteiger partial charge in [-0.2, -0.15) is 0 Å². The van der Waals surface area contributed by atoms with Crippen molar-refractivity contribution in [3.63, 3.8) is 0 Å². The minimum Gasteiger partial charge on any atom is -0.306 e. The molecule has 118 valence electrons. The van der Waals surface area contributed by atoms with E-state index in [1.54, 1.807) is 23.5 Å². The molecular formula is C17H14FNO2S2. The van der Waals surface area contributed by atoms with Gasteiger partial charge in [0.15, 0.2) is 11.1 Å². The first-order chi connectivity index (χ1) is 11.0. The number of benzene rings is 2. The van der Waals surface area contributed by atoms with Gasteiger partial charge in [-0.1, -0.05) is 24.3 Å². The Bertz CT molecular complexity index is 842. The Morgan fingerprint density at radius 1 is 1.09 bits per heavy atom. The monoisotopic (exact) mass is 347 g/mol. The van der Waals surface area contributed by atoms with Crippen LogP contribution < -0.4 is 0 Å². The molecule has 3 rings (SSSR count). The van der Waals surface area contributed by atoms with Crippen molar-refractivity contribution in [1.29, 1.82) is 0 Å². The Morgan fingerprint density at radius 3 is 2.30 bits per heavy atom. The van der Waals surface area contributed by atoms with E-state index in [9.17, 15) is 8.60 Å². The van der Waals surface area contributed by atoms with Gasteiger partial charge in [-0.05, 0) is 42.3 Å². The minimum atomic E-state index is -1.85. The number of hydrogen-bond donors (Lipinski definition) is 1. The van der Waals surface area contributed by atoms with Gasteiger partial charge in [0.25, 0.3) is 0 Å². The molecule has 0 spiro atoms. The first-order valence-electron chi connectivity index (χ1n) is 6.93. The molecule has 3 nitrogen and oxygen atoms in total. The fourth-order valence-electron chi connectivity index (χ4n) is 2.32. The fraction of sp³-hybridized carbons (Fsp3) is 0.118. The topological polar surface area (TPSA) is 50.2 Å². The SMILES string of the molecule is Cc1nc(-c2ccc(F)cc2)c(-c2ccc(CS(=O)O)cc2)s1. The summed E-state index contributed by atoms with van der Waals surface area (Å²) in [5.74, 6) is -0.157. The van der Waals surface area contributed by atoms with Crippen LogP contribution in [0.15, 0.2) is 48.5 Å². The average Bonchev–Trinajstić information content (AvgIpc) is 2.90. The molecule has 0 aliphatic heterocycles. The van der Waals surface area contributed by atoms with Crippen LogP contribution in [0.4, 0.5) is 4.39 Å². The van der Waals surface area contributed by atoms with Crippen LogP contribution in [-0.4, -0.2) is 13.7 Å². The van der Waals surface area contributed by atoms with Crippen molar-refractivity contribution in [3.8, 4) is 21.7 Å². The van der Waals surface area contributed by atoms with Gasteiger partial charge in [0, 0.05) is 5.56 Å². The van der Waals surface area contributed by atoms with Gasteiger partial charge in [-0.25, -0.2) is 13.6 Å². The molecule has 0 bridgehead atoms. The molecule has 23 heavy (non-hydrogen) atoms. The Kier molecular flexibility index (Phi) is 4.66. The number of nitrogens with zero attached hydrogens (tertiary/aromatic N) is 1. The lowest BCUT2D eigenvalue weighted by Gasteiger charge is -2.04. The van der Waals surface area contributed by atoms with Gasteiger partial charge in [0.1, 0.15) is 5.82 Å². The average molecular weight is 347 g/mol. The normalized spacial score (nSPS) is 12.3. The van der Waals surface area contributed by atoms with Crippen molar-refractivity contribution >= 4 is 22.4 Å². The number of thiazole rings is 1. The zero-order chi connectivity index (χ0) is 16.4. The maximum atomic E-state index is 13.1. The second kappa shape index (κ2) is 6.70. The summed E-state index contributed by atoms with van der Waals surface area (Å²) in [4.78, 5) is 5.57. The van der Waals surface area contributed by atoms with E-state index in [4.69, 9.17) is 4.55 Å². The second-order valence-corrected chi connectivity index (χ2v) is 7.22. The number of rotatable bonds is 4. The number of hydrogen-bond acceptors (Lipinski definition) is 3. The van der Waals surface area contributed by atoms with E-state index in [1.165, 1.54) is 12.1 Å². The molecule has 0 radical (unpaired) electrons. The van der Waals surface area contributed by atoms with E-state index >= 15 is 0 Å².